The molecule has 1 saturated heterocycles. The van der Waals surface area contributed by atoms with E-state index in [2.05, 4.69) is 6.92 Å². The van der Waals surface area contributed by atoms with E-state index in [1.54, 1.807) is 11.8 Å². The molecule has 0 N–H and O–H groups in total. The molecule has 1 aliphatic carbocycles. The molecule has 0 aromatic heterocycles. The zero-order valence-corrected chi connectivity index (χ0v) is 17.4. The van der Waals surface area contributed by atoms with Gasteiger partial charge in [-0.25, -0.2) is 9.78 Å². The molecular formula is C21H31ClO3S. The Hall–Kier alpha value is -0.260. The standard InChI is InChI=1S/C21H31ClO3S/c1-20(17-26-19-12-10-18(22)11-13-19)16-23-21(25-24-20)14-8-6-4-2-3-5-7-9-15-21/h10-13H,2-9,14-17H2,1H3. The van der Waals surface area contributed by atoms with Crippen molar-refractivity contribution >= 4 is 23.4 Å². The second kappa shape index (κ2) is 9.79. The van der Waals surface area contributed by atoms with Crippen LogP contribution in [0.2, 0.25) is 5.02 Å². The fourth-order valence-corrected chi connectivity index (χ4v) is 4.60. The molecule has 1 spiro atoms. The Balaban J connectivity index is 1.52. The monoisotopic (exact) mass is 398 g/mol. The van der Waals surface area contributed by atoms with Crippen LogP contribution in [0, 0.1) is 0 Å². The fraction of sp³-hybridized carbons (Fsp3) is 0.714. The van der Waals surface area contributed by atoms with E-state index >= 15 is 0 Å². The van der Waals surface area contributed by atoms with Crippen LogP contribution in [0.3, 0.4) is 0 Å². The molecule has 146 valence electrons. The lowest BCUT2D eigenvalue weighted by Gasteiger charge is -2.43. The molecule has 1 aliphatic heterocycles. The molecule has 1 saturated carbocycles. The highest BCUT2D eigenvalue weighted by Crippen LogP contribution is 2.38. The Morgan fingerprint density at radius 2 is 1.46 bits per heavy atom. The van der Waals surface area contributed by atoms with E-state index in [0.717, 1.165) is 36.5 Å². The molecule has 1 unspecified atom stereocenters. The van der Waals surface area contributed by atoms with Gasteiger partial charge in [-0.05, 0) is 44.0 Å². The topological polar surface area (TPSA) is 27.7 Å². The van der Waals surface area contributed by atoms with E-state index < -0.39 is 11.4 Å². The third-order valence-corrected chi connectivity index (χ3v) is 6.87. The molecule has 0 bridgehead atoms. The van der Waals surface area contributed by atoms with Crippen molar-refractivity contribution in [2.24, 2.45) is 0 Å². The minimum absolute atomic E-state index is 0.429. The molecule has 1 aromatic carbocycles. The largest absolute Gasteiger partial charge is 0.344 e. The first kappa shape index (κ1) is 20.5. The van der Waals surface area contributed by atoms with Crippen LogP contribution in [0.4, 0.5) is 0 Å². The summed E-state index contributed by atoms with van der Waals surface area (Å²) in [5.41, 5.74) is -0.429. The van der Waals surface area contributed by atoms with Crippen LogP contribution < -0.4 is 0 Å². The van der Waals surface area contributed by atoms with Gasteiger partial charge in [0.2, 0.25) is 5.79 Å². The fourth-order valence-electron chi connectivity index (χ4n) is 3.54. The Morgan fingerprint density at radius 1 is 0.885 bits per heavy atom. The third kappa shape index (κ3) is 6.13. The predicted octanol–water partition coefficient (Wildman–Crippen LogP) is 6.78. The number of hydrogen-bond donors (Lipinski definition) is 0. The van der Waals surface area contributed by atoms with Gasteiger partial charge in [0.25, 0.3) is 0 Å². The highest BCUT2D eigenvalue weighted by molar-refractivity contribution is 7.99. The predicted molar refractivity (Wildman–Crippen MR) is 108 cm³/mol. The van der Waals surface area contributed by atoms with Crippen molar-refractivity contribution in [3.63, 3.8) is 0 Å². The van der Waals surface area contributed by atoms with Gasteiger partial charge in [0.05, 0.1) is 6.61 Å². The van der Waals surface area contributed by atoms with Crippen LogP contribution in [-0.4, -0.2) is 23.7 Å². The van der Waals surface area contributed by atoms with Crippen LogP contribution in [0.5, 0.6) is 0 Å². The van der Waals surface area contributed by atoms with Crippen LogP contribution in [-0.2, 0) is 14.5 Å². The lowest BCUT2D eigenvalue weighted by molar-refractivity contribution is -0.508. The normalized spacial score (nSPS) is 27.8. The van der Waals surface area contributed by atoms with E-state index in [-0.39, 0.29) is 0 Å². The van der Waals surface area contributed by atoms with Crippen molar-refractivity contribution in [3.05, 3.63) is 29.3 Å². The molecule has 2 aliphatic rings. The highest BCUT2D eigenvalue weighted by Gasteiger charge is 2.43. The van der Waals surface area contributed by atoms with E-state index in [4.69, 9.17) is 26.1 Å². The molecule has 3 nitrogen and oxygen atoms in total. The second-order valence-electron chi connectivity index (χ2n) is 7.89. The number of hydrogen-bond acceptors (Lipinski definition) is 4. The average molecular weight is 399 g/mol. The SMILES string of the molecule is CC1(CSc2ccc(Cl)cc2)COC2(CCCCCCCCCC2)OO1. The summed E-state index contributed by atoms with van der Waals surface area (Å²) in [5, 5.41) is 0.759. The lowest BCUT2D eigenvalue weighted by Crippen LogP contribution is -2.52. The molecule has 0 radical (unpaired) electrons. The smallest absolute Gasteiger partial charge is 0.201 e. The summed E-state index contributed by atoms with van der Waals surface area (Å²) in [6.45, 7) is 2.64. The summed E-state index contributed by atoms with van der Waals surface area (Å²) in [7, 11) is 0. The molecule has 5 heteroatoms. The molecule has 0 amide bonds. The molecule has 26 heavy (non-hydrogen) atoms. The van der Waals surface area contributed by atoms with Crippen molar-refractivity contribution in [2.75, 3.05) is 12.4 Å². The maximum atomic E-state index is 6.32. The average Bonchev–Trinajstić information content (AvgIpc) is 2.70. The maximum Gasteiger partial charge on any atom is 0.201 e. The first-order chi connectivity index (χ1) is 12.6. The third-order valence-electron chi connectivity index (χ3n) is 5.26. The van der Waals surface area contributed by atoms with Crippen LogP contribution in [0.15, 0.2) is 29.2 Å². The highest BCUT2D eigenvalue weighted by atomic mass is 35.5. The summed E-state index contributed by atoms with van der Waals surface area (Å²) in [6.07, 6.45) is 12.1. The number of halogens is 1. The van der Waals surface area contributed by atoms with Crippen molar-refractivity contribution in [3.8, 4) is 0 Å². The molecule has 1 heterocycles. The van der Waals surface area contributed by atoms with Crippen molar-refractivity contribution in [1.29, 1.82) is 0 Å². The zero-order valence-electron chi connectivity index (χ0n) is 15.8. The Bertz CT molecular complexity index is 527. The molecular weight excluding hydrogens is 368 g/mol. The summed E-state index contributed by atoms with van der Waals surface area (Å²) in [5.74, 6) is 0.250. The lowest BCUT2D eigenvalue weighted by atomic mass is 10.0. The van der Waals surface area contributed by atoms with Gasteiger partial charge in [-0.1, -0.05) is 50.1 Å². The number of thioether (sulfide) groups is 1. The molecule has 2 fully saturated rings. The van der Waals surface area contributed by atoms with Crippen LogP contribution in [0.25, 0.3) is 0 Å². The van der Waals surface area contributed by atoms with Gasteiger partial charge in [-0.15, -0.1) is 11.8 Å². The van der Waals surface area contributed by atoms with Crippen LogP contribution in [0.1, 0.15) is 71.1 Å². The molecule has 3 rings (SSSR count). The first-order valence-corrected chi connectivity index (χ1v) is 11.3. The van der Waals surface area contributed by atoms with Gasteiger partial charge < -0.3 is 4.74 Å². The Morgan fingerprint density at radius 3 is 2.00 bits per heavy atom. The molecule has 1 atom stereocenters. The van der Waals surface area contributed by atoms with Crippen molar-refractivity contribution in [2.45, 2.75) is 87.4 Å². The minimum Gasteiger partial charge on any atom is -0.344 e. The van der Waals surface area contributed by atoms with E-state index in [0.29, 0.717) is 6.61 Å². The van der Waals surface area contributed by atoms with Gasteiger partial charge in [-0.3, -0.25) is 0 Å². The first-order valence-electron chi connectivity index (χ1n) is 9.99. The van der Waals surface area contributed by atoms with Gasteiger partial charge in [0.1, 0.15) is 5.60 Å². The molecule has 1 aromatic rings. The minimum atomic E-state index is -0.533. The summed E-state index contributed by atoms with van der Waals surface area (Å²) in [4.78, 5) is 13.1. The summed E-state index contributed by atoms with van der Waals surface area (Å²) >= 11 is 7.70. The summed E-state index contributed by atoms with van der Waals surface area (Å²) in [6, 6.07) is 7.90. The van der Waals surface area contributed by atoms with Crippen molar-refractivity contribution in [1.82, 2.24) is 0 Å². The van der Waals surface area contributed by atoms with E-state index in [1.165, 1.54) is 43.4 Å². The Kier molecular flexibility index (Phi) is 7.71. The van der Waals surface area contributed by atoms with Crippen LogP contribution >= 0.6 is 23.4 Å². The summed E-state index contributed by atoms with van der Waals surface area (Å²) < 4.78 is 6.32. The number of rotatable bonds is 3. The number of ether oxygens (including phenoxy) is 1. The number of benzene rings is 1. The van der Waals surface area contributed by atoms with Gasteiger partial charge in [0, 0.05) is 28.5 Å². The second-order valence-corrected chi connectivity index (χ2v) is 9.37. The van der Waals surface area contributed by atoms with Gasteiger partial charge >= 0.3 is 0 Å². The quantitative estimate of drug-likeness (QED) is 0.414. The Labute approximate surface area is 167 Å². The zero-order chi connectivity index (χ0) is 18.3. The maximum absolute atomic E-state index is 6.32. The van der Waals surface area contributed by atoms with Gasteiger partial charge in [-0.2, -0.15) is 0 Å². The van der Waals surface area contributed by atoms with E-state index in [1.807, 2.05) is 24.3 Å². The van der Waals surface area contributed by atoms with Gasteiger partial charge in [0.15, 0.2) is 0 Å². The van der Waals surface area contributed by atoms with E-state index in [9.17, 15) is 0 Å². The van der Waals surface area contributed by atoms with Crippen molar-refractivity contribution < 1.29 is 14.5 Å².